The van der Waals surface area contributed by atoms with Crippen molar-refractivity contribution in [1.82, 2.24) is 5.32 Å². The first-order chi connectivity index (χ1) is 7.19. The Morgan fingerprint density at radius 1 is 1.13 bits per heavy atom. The number of hydrogen-bond donors (Lipinski definition) is 1. The van der Waals surface area contributed by atoms with Crippen molar-refractivity contribution in [2.45, 2.75) is 20.4 Å². The molecule has 1 rings (SSSR count). The van der Waals surface area contributed by atoms with E-state index in [0.717, 1.165) is 17.9 Å². The number of hydrogen-bond acceptors (Lipinski definition) is 3. The molecule has 0 aliphatic heterocycles. The van der Waals surface area contributed by atoms with Crippen molar-refractivity contribution in [2.24, 2.45) is 0 Å². The standard InChI is InChI=1S/C12H19NO2/c1-9-5-11(7-13-8-14-3)12(15-4)6-10(9)2/h5-6,13H,7-8H2,1-4H3. The molecular weight excluding hydrogens is 190 g/mol. The van der Waals surface area contributed by atoms with E-state index in [0.29, 0.717) is 6.73 Å². The summed E-state index contributed by atoms with van der Waals surface area (Å²) < 4.78 is 10.3. The van der Waals surface area contributed by atoms with Gasteiger partial charge in [-0.15, -0.1) is 0 Å². The van der Waals surface area contributed by atoms with Crippen molar-refractivity contribution in [3.05, 3.63) is 28.8 Å². The van der Waals surface area contributed by atoms with Gasteiger partial charge in [0.2, 0.25) is 0 Å². The second-order valence-electron chi connectivity index (χ2n) is 3.61. The van der Waals surface area contributed by atoms with Crippen LogP contribution in [-0.2, 0) is 11.3 Å². The predicted octanol–water partition coefficient (Wildman–Crippen LogP) is 2.01. The highest BCUT2D eigenvalue weighted by atomic mass is 16.5. The number of aryl methyl sites for hydroxylation is 2. The molecule has 3 nitrogen and oxygen atoms in total. The summed E-state index contributed by atoms with van der Waals surface area (Å²) in [5, 5.41) is 3.17. The Morgan fingerprint density at radius 3 is 2.40 bits per heavy atom. The highest BCUT2D eigenvalue weighted by Crippen LogP contribution is 2.22. The Balaban J connectivity index is 2.80. The minimum Gasteiger partial charge on any atom is -0.496 e. The number of rotatable bonds is 5. The van der Waals surface area contributed by atoms with E-state index in [9.17, 15) is 0 Å². The normalized spacial score (nSPS) is 10.4. The molecule has 0 spiro atoms. The van der Waals surface area contributed by atoms with Gasteiger partial charge in [0.25, 0.3) is 0 Å². The lowest BCUT2D eigenvalue weighted by Gasteiger charge is -2.12. The monoisotopic (exact) mass is 209 g/mol. The molecule has 0 saturated carbocycles. The first kappa shape index (κ1) is 12.0. The molecule has 0 fully saturated rings. The van der Waals surface area contributed by atoms with Gasteiger partial charge in [0.05, 0.1) is 13.8 Å². The van der Waals surface area contributed by atoms with Crippen LogP contribution in [0.25, 0.3) is 0 Å². The van der Waals surface area contributed by atoms with E-state index in [1.54, 1.807) is 14.2 Å². The van der Waals surface area contributed by atoms with Gasteiger partial charge < -0.3 is 9.47 Å². The van der Waals surface area contributed by atoms with Gasteiger partial charge in [-0.1, -0.05) is 6.07 Å². The van der Waals surface area contributed by atoms with E-state index in [1.807, 2.05) is 0 Å². The van der Waals surface area contributed by atoms with E-state index in [1.165, 1.54) is 11.1 Å². The summed E-state index contributed by atoms with van der Waals surface area (Å²) in [6.07, 6.45) is 0. The van der Waals surface area contributed by atoms with Crippen molar-refractivity contribution in [3.63, 3.8) is 0 Å². The molecule has 0 unspecified atom stereocenters. The Hall–Kier alpha value is -1.06. The van der Waals surface area contributed by atoms with E-state index < -0.39 is 0 Å². The fourth-order valence-electron chi connectivity index (χ4n) is 1.47. The fourth-order valence-corrected chi connectivity index (χ4v) is 1.47. The molecule has 0 heterocycles. The van der Waals surface area contributed by atoms with Crippen molar-refractivity contribution in [1.29, 1.82) is 0 Å². The number of nitrogens with one attached hydrogen (secondary N) is 1. The van der Waals surface area contributed by atoms with Gasteiger partial charge in [0, 0.05) is 19.2 Å². The molecule has 1 N–H and O–H groups in total. The topological polar surface area (TPSA) is 30.5 Å². The Kier molecular flexibility index (Phi) is 4.59. The maximum atomic E-state index is 5.33. The van der Waals surface area contributed by atoms with Crippen LogP contribution < -0.4 is 10.1 Å². The number of methoxy groups -OCH3 is 2. The van der Waals surface area contributed by atoms with Crippen molar-refractivity contribution < 1.29 is 9.47 Å². The molecule has 0 aliphatic carbocycles. The molecule has 1 aromatic rings. The van der Waals surface area contributed by atoms with Gasteiger partial charge >= 0.3 is 0 Å². The summed E-state index contributed by atoms with van der Waals surface area (Å²) in [7, 11) is 3.37. The molecule has 0 aliphatic rings. The summed E-state index contributed by atoms with van der Waals surface area (Å²) in [6, 6.07) is 4.22. The number of ether oxygens (including phenoxy) is 2. The molecule has 84 valence electrons. The quantitative estimate of drug-likeness (QED) is 0.594. The second kappa shape index (κ2) is 5.73. The van der Waals surface area contributed by atoms with Crippen molar-refractivity contribution in [3.8, 4) is 5.75 Å². The van der Waals surface area contributed by atoms with E-state index in [2.05, 4.69) is 31.3 Å². The minimum atomic E-state index is 0.552. The lowest BCUT2D eigenvalue weighted by molar-refractivity contribution is 0.174. The summed E-state index contributed by atoms with van der Waals surface area (Å²) in [6.45, 7) is 5.51. The molecule has 0 radical (unpaired) electrons. The molecule has 15 heavy (non-hydrogen) atoms. The molecule has 0 amide bonds. The van der Waals surface area contributed by atoms with Crippen LogP contribution in [0.3, 0.4) is 0 Å². The SMILES string of the molecule is COCNCc1cc(C)c(C)cc1OC. The smallest absolute Gasteiger partial charge is 0.123 e. The van der Waals surface area contributed by atoms with Crippen LogP contribution in [0.15, 0.2) is 12.1 Å². The zero-order valence-electron chi connectivity index (χ0n) is 9.89. The van der Waals surface area contributed by atoms with Crippen LogP contribution in [-0.4, -0.2) is 21.0 Å². The zero-order chi connectivity index (χ0) is 11.3. The van der Waals surface area contributed by atoms with E-state index >= 15 is 0 Å². The van der Waals surface area contributed by atoms with Crippen LogP contribution in [0, 0.1) is 13.8 Å². The molecule has 0 bridgehead atoms. The Labute approximate surface area is 91.4 Å². The molecule has 0 aromatic heterocycles. The second-order valence-corrected chi connectivity index (χ2v) is 3.61. The van der Waals surface area contributed by atoms with Crippen LogP contribution >= 0.6 is 0 Å². The van der Waals surface area contributed by atoms with Crippen LogP contribution in [0.5, 0.6) is 5.75 Å². The van der Waals surface area contributed by atoms with E-state index in [4.69, 9.17) is 9.47 Å². The fraction of sp³-hybridized carbons (Fsp3) is 0.500. The van der Waals surface area contributed by atoms with Gasteiger partial charge in [0.1, 0.15) is 5.75 Å². The average Bonchev–Trinajstić information content (AvgIpc) is 2.23. The number of benzene rings is 1. The summed E-state index contributed by atoms with van der Waals surface area (Å²) in [5.74, 6) is 0.932. The summed E-state index contributed by atoms with van der Waals surface area (Å²) in [5.41, 5.74) is 3.70. The van der Waals surface area contributed by atoms with Gasteiger partial charge in [-0.3, -0.25) is 5.32 Å². The molecule has 3 heteroatoms. The third kappa shape index (κ3) is 3.22. The Bertz CT molecular complexity index is 324. The van der Waals surface area contributed by atoms with Gasteiger partial charge in [-0.05, 0) is 31.0 Å². The maximum Gasteiger partial charge on any atom is 0.123 e. The summed E-state index contributed by atoms with van der Waals surface area (Å²) >= 11 is 0. The molecular formula is C12H19NO2. The van der Waals surface area contributed by atoms with Gasteiger partial charge in [-0.2, -0.15) is 0 Å². The van der Waals surface area contributed by atoms with Gasteiger partial charge in [0.15, 0.2) is 0 Å². The van der Waals surface area contributed by atoms with E-state index in [-0.39, 0.29) is 0 Å². The average molecular weight is 209 g/mol. The lowest BCUT2D eigenvalue weighted by Crippen LogP contribution is -2.16. The van der Waals surface area contributed by atoms with Crippen LogP contribution in [0.1, 0.15) is 16.7 Å². The summed E-state index contributed by atoms with van der Waals surface area (Å²) in [4.78, 5) is 0. The predicted molar refractivity (Wildman–Crippen MR) is 61.2 cm³/mol. The minimum absolute atomic E-state index is 0.552. The van der Waals surface area contributed by atoms with Crippen molar-refractivity contribution >= 4 is 0 Å². The third-order valence-corrected chi connectivity index (χ3v) is 2.46. The van der Waals surface area contributed by atoms with Crippen LogP contribution in [0.4, 0.5) is 0 Å². The molecule has 1 aromatic carbocycles. The molecule has 0 saturated heterocycles. The van der Waals surface area contributed by atoms with Crippen molar-refractivity contribution in [2.75, 3.05) is 21.0 Å². The first-order valence-corrected chi connectivity index (χ1v) is 5.02. The zero-order valence-corrected chi connectivity index (χ0v) is 9.89. The van der Waals surface area contributed by atoms with Gasteiger partial charge in [-0.25, -0.2) is 0 Å². The molecule has 0 atom stereocenters. The third-order valence-electron chi connectivity index (χ3n) is 2.46. The first-order valence-electron chi connectivity index (χ1n) is 5.02. The highest BCUT2D eigenvalue weighted by molar-refractivity contribution is 5.41. The lowest BCUT2D eigenvalue weighted by atomic mass is 10.1. The Morgan fingerprint density at radius 2 is 1.80 bits per heavy atom. The van der Waals surface area contributed by atoms with Crippen LogP contribution in [0.2, 0.25) is 0 Å². The maximum absolute atomic E-state index is 5.33. The highest BCUT2D eigenvalue weighted by Gasteiger charge is 2.04. The largest absolute Gasteiger partial charge is 0.496 e.